The molecule has 0 unspecified atom stereocenters. The number of rotatable bonds is 3. The van der Waals surface area contributed by atoms with Crippen LogP contribution in [0.15, 0.2) is 82.2 Å². The van der Waals surface area contributed by atoms with Crippen LogP contribution in [0.4, 0.5) is 0 Å². The zero-order valence-electron chi connectivity index (χ0n) is 16.5. The Bertz CT molecular complexity index is 1380. The van der Waals surface area contributed by atoms with E-state index < -0.39 is 0 Å². The summed E-state index contributed by atoms with van der Waals surface area (Å²) in [6.45, 7) is 2.04. The molecule has 148 valence electrons. The van der Waals surface area contributed by atoms with E-state index in [1.54, 1.807) is 10.9 Å². The Hall–Kier alpha value is -3.93. The number of H-pyrrole nitrogens is 1. The van der Waals surface area contributed by atoms with Crippen LogP contribution < -0.4 is 5.56 Å². The van der Waals surface area contributed by atoms with Crippen molar-refractivity contribution in [3.8, 4) is 17.2 Å². The average Bonchev–Trinajstić information content (AvgIpc) is 3.35. The highest BCUT2D eigenvalue weighted by molar-refractivity contribution is 5.78. The van der Waals surface area contributed by atoms with Gasteiger partial charge in [-0.3, -0.25) is 9.78 Å². The van der Waals surface area contributed by atoms with Gasteiger partial charge in [0.1, 0.15) is 11.3 Å². The highest BCUT2D eigenvalue weighted by Crippen LogP contribution is 2.26. The summed E-state index contributed by atoms with van der Waals surface area (Å²) >= 11 is 0. The van der Waals surface area contributed by atoms with Crippen LogP contribution in [0.1, 0.15) is 24.2 Å². The molecule has 3 heterocycles. The van der Waals surface area contributed by atoms with E-state index in [0.717, 1.165) is 35.2 Å². The van der Waals surface area contributed by atoms with Gasteiger partial charge >= 0.3 is 0 Å². The minimum absolute atomic E-state index is 0.224. The predicted molar refractivity (Wildman–Crippen MR) is 117 cm³/mol. The molecule has 0 bridgehead atoms. The zero-order chi connectivity index (χ0) is 20.5. The molecule has 5 rings (SSSR count). The van der Waals surface area contributed by atoms with E-state index in [2.05, 4.69) is 27.2 Å². The molecule has 1 N–H and O–H groups in total. The van der Waals surface area contributed by atoms with Gasteiger partial charge in [0.25, 0.3) is 5.56 Å². The first-order valence-electron chi connectivity index (χ1n) is 9.87. The van der Waals surface area contributed by atoms with Crippen molar-refractivity contribution in [2.24, 2.45) is 0 Å². The molecule has 6 heteroatoms. The molecule has 0 radical (unpaired) electrons. The molecule has 0 saturated heterocycles. The molecule has 6 nitrogen and oxygen atoms in total. The monoisotopic (exact) mass is 396 g/mol. The smallest absolute Gasteiger partial charge is 0.296 e. The Morgan fingerprint density at radius 1 is 1.13 bits per heavy atom. The van der Waals surface area contributed by atoms with E-state index in [9.17, 15) is 4.79 Å². The molecule has 0 fully saturated rings. The number of nitrogens with zero attached hydrogens (tertiary/aromatic N) is 3. The maximum atomic E-state index is 12.6. The molecular formula is C24H20N4O2. The first-order chi connectivity index (χ1) is 14.7. The molecule has 4 aromatic rings. The molecule has 1 aromatic carbocycles. The number of benzene rings is 1. The SMILES string of the molecule is Cc1cccc(-c2ccn(-c3nc4cc(/C5=C/C=C\C=C/CC5)oc4c(=O)[nH]3)n2)c1. The molecule has 3 aromatic heterocycles. The van der Waals surface area contributed by atoms with E-state index in [0.29, 0.717) is 17.2 Å². The summed E-state index contributed by atoms with van der Waals surface area (Å²) in [7, 11) is 0. The second-order valence-corrected chi connectivity index (χ2v) is 7.27. The summed E-state index contributed by atoms with van der Waals surface area (Å²) in [5, 5.41) is 4.58. The number of nitrogens with one attached hydrogen (secondary N) is 1. The molecular weight excluding hydrogens is 376 g/mol. The molecule has 0 aliphatic heterocycles. The summed E-state index contributed by atoms with van der Waals surface area (Å²) in [5.41, 5.74) is 4.44. The Balaban J connectivity index is 1.53. The number of allylic oxidation sites excluding steroid dienone is 6. The van der Waals surface area contributed by atoms with Crippen LogP contribution in [0.5, 0.6) is 0 Å². The predicted octanol–water partition coefficient (Wildman–Crippen LogP) is 4.97. The minimum atomic E-state index is -0.323. The fourth-order valence-electron chi connectivity index (χ4n) is 3.53. The lowest BCUT2D eigenvalue weighted by molar-refractivity contribution is 0.590. The minimum Gasteiger partial charge on any atom is -0.449 e. The average molecular weight is 396 g/mol. The number of hydrogen-bond donors (Lipinski definition) is 1. The van der Waals surface area contributed by atoms with Crippen LogP contribution in [0.2, 0.25) is 0 Å². The van der Waals surface area contributed by atoms with Crippen molar-refractivity contribution in [2.75, 3.05) is 0 Å². The van der Waals surface area contributed by atoms with E-state index in [4.69, 9.17) is 4.42 Å². The van der Waals surface area contributed by atoms with Crippen molar-refractivity contribution >= 4 is 16.7 Å². The highest BCUT2D eigenvalue weighted by atomic mass is 16.3. The fraction of sp³-hybridized carbons (Fsp3) is 0.125. The van der Waals surface area contributed by atoms with Crippen molar-refractivity contribution in [2.45, 2.75) is 19.8 Å². The first-order valence-corrected chi connectivity index (χ1v) is 9.87. The molecule has 0 spiro atoms. The fourth-order valence-corrected chi connectivity index (χ4v) is 3.53. The van der Waals surface area contributed by atoms with Gasteiger partial charge in [-0.25, -0.2) is 9.67 Å². The second-order valence-electron chi connectivity index (χ2n) is 7.27. The van der Waals surface area contributed by atoms with Gasteiger partial charge in [-0.05, 0) is 37.5 Å². The van der Waals surface area contributed by atoms with Crippen molar-refractivity contribution < 1.29 is 4.42 Å². The van der Waals surface area contributed by atoms with Crippen LogP contribution >= 0.6 is 0 Å². The Labute approximate surface area is 172 Å². The van der Waals surface area contributed by atoms with Crippen LogP contribution in [0, 0.1) is 6.92 Å². The lowest BCUT2D eigenvalue weighted by Gasteiger charge is -2.02. The third kappa shape index (κ3) is 3.43. The van der Waals surface area contributed by atoms with Gasteiger partial charge in [0.05, 0.1) is 5.69 Å². The maximum absolute atomic E-state index is 12.6. The van der Waals surface area contributed by atoms with Crippen molar-refractivity contribution in [1.29, 1.82) is 0 Å². The second kappa shape index (κ2) is 7.48. The largest absolute Gasteiger partial charge is 0.449 e. The molecule has 0 amide bonds. The Morgan fingerprint density at radius 3 is 2.97 bits per heavy atom. The normalized spacial score (nSPS) is 17.8. The molecule has 1 aliphatic rings. The van der Waals surface area contributed by atoms with E-state index >= 15 is 0 Å². The lowest BCUT2D eigenvalue weighted by atomic mass is 10.1. The van der Waals surface area contributed by atoms with Crippen LogP contribution in [0.3, 0.4) is 0 Å². The number of fused-ring (bicyclic) bond motifs is 1. The molecule has 30 heavy (non-hydrogen) atoms. The van der Waals surface area contributed by atoms with Gasteiger partial charge in [-0.2, -0.15) is 5.10 Å². The highest BCUT2D eigenvalue weighted by Gasteiger charge is 2.15. The summed E-state index contributed by atoms with van der Waals surface area (Å²) in [4.78, 5) is 20.0. The van der Waals surface area contributed by atoms with Crippen molar-refractivity contribution in [3.05, 3.63) is 94.7 Å². The standard InChI is InChI=1S/C24H20N4O2/c1-16-8-7-11-18(14-16)19-12-13-28(27-19)24-25-20-15-21(30-22(20)23(29)26-24)17-9-5-3-2-4-6-10-17/h2-5,7-9,11-15H,6,10H2,1H3,(H,25,26,29)/b4-2-,5-3-,17-9+. The third-order valence-corrected chi connectivity index (χ3v) is 5.04. The van der Waals surface area contributed by atoms with Gasteiger partial charge in [0.2, 0.25) is 11.5 Å². The van der Waals surface area contributed by atoms with Gasteiger partial charge in [-0.15, -0.1) is 0 Å². The van der Waals surface area contributed by atoms with Crippen LogP contribution in [-0.2, 0) is 0 Å². The molecule has 0 saturated carbocycles. The Kier molecular flexibility index (Phi) is 4.52. The van der Waals surface area contributed by atoms with Gasteiger partial charge in [-0.1, -0.05) is 54.1 Å². The van der Waals surface area contributed by atoms with Crippen LogP contribution in [0.25, 0.3) is 33.9 Å². The summed E-state index contributed by atoms with van der Waals surface area (Å²) < 4.78 is 7.43. The van der Waals surface area contributed by atoms with Gasteiger partial charge in [0.15, 0.2) is 0 Å². The number of furan rings is 1. The van der Waals surface area contributed by atoms with E-state index in [1.165, 1.54) is 0 Å². The lowest BCUT2D eigenvalue weighted by Crippen LogP contribution is -2.12. The first kappa shape index (κ1) is 18.1. The Morgan fingerprint density at radius 2 is 2.07 bits per heavy atom. The summed E-state index contributed by atoms with van der Waals surface area (Å²) in [6, 6.07) is 11.8. The number of aryl methyl sites for hydroxylation is 1. The van der Waals surface area contributed by atoms with E-state index in [-0.39, 0.29) is 11.1 Å². The van der Waals surface area contributed by atoms with E-state index in [1.807, 2.05) is 61.6 Å². The van der Waals surface area contributed by atoms with Crippen molar-refractivity contribution in [1.82, 2.24) is 19.7 Å². The number of hydrogen-bond acceptors (Lipinski definition) is 4. The molecule has 0 atom stereocenters. The third-order valence-electron chi connectivity index (χ3n) is 5.04. The van der Waals surface area contributed by atoms with Gasteiger partial charge < -0.3 is 4.42 Å². The van der Waals surface area contributed by atoms with Crippen LogP contribution in [-0.4, -0.2) is 19.7 Å². The summed E-state index contributed by atoms with van der Waals surface area (Å²) in [6.07, 6.45) is 13.6. The number of aromatic nitrogens is 4. The van der Waals surface area contributed by atoms with Crippen molar-refractivity contribution in [3.63, 3.8) is 0 Å². The quantitative estimate of drug-likeness (QED) is 0.531. The maximum Gasteiger partial charge on any atom is 0.296 e. The summed E-state index contributed by atoms with van der Waals surface area (Å²) in [5.74, 6) is 1.02. The topological polar surface area (TPSA) is 76.7 Å². The number of aromatic amines is 1. The molecule has 1 aliphatic carbocycles. The zero-order valence-corrected chi connectivity index (χ0v) is 16.5. The van der Waals surface area contributed by atoms with Gasteiger partial charge in [0, 0.05) is 17.8 Å².